The van der Waals surface area contributed by atoms with Gasteiger partial charge >= 0.3 is 6.16 Å². The fourth-order valence-corrected chi connectivity index (χ4v) is 5.47. The molecule has 1 aliphatic rings. The molecule has 2 N–H and O–H groups in total. The predicted octanol–water partition coefficient (Wildman–Crippen LogP) is 8.80. The van der Waals surface area contributed by atoms with Crippen LogP contribution in [0.15, 0.2) is 84.9 Å². The van der Waals surface area contributed by atoms with Crippen molar-refractivity contribution < 1.29 is 19.7 Å². The molecule has 0 heterocycles. The van der Waals surface area contributed by atoms with Crippen molar-refractivity contribution in [2.75, 3.05) is 0 Å². The number of phenolic OH excluding ortho intramolecular Hbond substituents is 1. The molecule has 4 aromatic rings. The summed E-state index contributed by atoms with van der Waals surface area (Å²) in [5.74, 6) is -0.303. The summed E-state index contributed by atoms with van der Waals surface area (Å²) in [7, 11) is 0. The van der Waals surface area contributed by atoms with Gasteiger partial charge in [-0.1, -0.05) is 94.4 Å². The highest BCUT2D eigenvalue weighted by Gasteiger charge is 2.37. The average Bonchev–Trinajstić information content (AvgIpc) is 2.88. The fraction of sp³-hybridized carbons (Fsp3) is 0.242. The number of ether oxygens (including phenoxy) is 1. The zero-order valence-corrected chi connectivity index (χ0v) is 21.7. The lowest BCUT2D eigenvalue weighted by molar-refractivity contribution is 0.143. The second-order valence-corrected chi connectivity index (χ2v) is 11.2. The fourth-order valence-electron chi connectivity index (χ4n) is 5.47. The van der Waals surface area contributed by atoms with E-state index in [1.807, 2.05) is 24.3 Å². The molecule has 4 aromatic carbocycles. The van der Waals surface area contributed by atoms with Crippen LogP contribution in [0.3, 0.4) is 0 Å². The SMILES string of the molecule is CC1(C)CCC(C)(C)c2cc(-c3cc(-c4ccc(OC(=O)O)c(O)c4)ccc3-c3ccccc3)ccc21. The molecule has 5 rings (SSSR count). The van der Waals surface area contributed by atoms with Crippen molar-refractivity contribution in [3.63, 3.8) is 0 Å². The molecule has 0 fully saturated rings. The third-order valence-corrected chi connectivity index (χ3v) is 7.76. The molecule has 0 bridgehead atoms. The summed E-state index contributed by atoms with van der Waals surface area (Å²) in [5, 5.41) is 19.3. The van der Waals surface area contributed by atoms with Gasteiger partial charge in [-0.15, -0.1) is 0 Å². The Morgan fingerprint density at radius 3 is 1.97 bits per heavy atom. The first-order chi connectivity index (χ1) is 17.5. The summed E-state index contributed by atoms with van der Waals surface area (Å²) in [5.41, 5.74) is 9.28. The number of fused-ring (bicyclic) bond motifs is 1. The lowest BCUT2D eigenvalue weighted by atomic mass is 9.63. The predicted molar refractivity (Wildman–Crippen MR) is 148 cm³/mol. The van der Waals surface area contributed by atoms with Gasteiger partial charge in [-0.25, -0.2) is 4.79 Å². The molecule has 37 heavy (non-hydrogen) atoms. The molecule has 0 spiro atoms. The van der Waals surface area contributed by atoms with Crippen molar-refractivity contribution in [1.29, 1.82) is 0 Å². The molecule has 4 nitrogen and oxygen atoms in total. The van der Waals surface area contributed by atoms with Crippen molar-refractivity contribution in [1.82, 2.24) is 0 Å². The van der Waals surface area contributed by atoms with E-state index in [1.54, 1.807) is 6.07 Å². The van der Waals surface area contributed by atoms with Crippen molar-refractivity contribution >= 4 is 6.16 Å². The van der Waals surface area contributed by atoms with Crippen LogP contribution in [0.1, 0.15) is 51.7 Å². The smallest absolute Gasteiger partial charge is 0.504 e. The van der Waals surface area contributed by atoms with Gasteiger partial charge in [0, 0.05) is 0 Å². The monoisotopic (exact) mass is 492 g/mol. The Kier molecular flexibility index (Phi) is 6.07. The van der Waals surface area contributed by atoms with Crippen LogP contribution in [0, 0.1) is 0 Å². The third-order valence-electron chi connectivity index (χ3n) is 7.76. The molecule has 0 atom stereocenters. The Morgan fingerprint density at radius 2 is 1.30 bits per heavy atom. The van der Waals surface area contributed by atoms with Crippen LogP contribution >= 0.6 is 0 Å². The van der Waals surface area contributed by atoms with Gasteiger partial charge in [0.05, 0.1) is 0 Å². The Morgan fingerprint density at radius 1 is 0.676 bits per heavy atom. The van der Waals surface area contributed by atoms with E-state index >= 15 is 0 Å². The normalized spacial score (nSPS) is 15.6. The Hall–Kier alpha value is -4.05. The standard InChI is InChI=1S/C33H32O4/c1-32(2)16-17-33(3,4)28-19-24(11-14-27(28)32)26-18-22(10-13-25(26)21-8-6-5-7-9-21)23-12-15-30(29(34)20-23)37-31(35)36/h5-15,18-20,34H,16-17H2,1-4H3,(H,35,36). The van der Waals surface area contributed by atoms with Gasteiger partial charge in [0.2, 0.25) is 0 Å². The summed E-state index contributed by atoms with van der Waals surface area (Å²) in [6, 6.07) is 28.3. The van der Waals surface area contributed by atoms with Gasteiger partial charge in [-0.05, 0) is 86.4 Å². The van der Waals surface area contributed by atoms with E-state index in [0.717, 1.165) is 39.8 Å². The summed E-state index contributed by atoms with van der Waals surface area (Å²) in [4.78, 5) is 10.9. The molecule has 4 heteroatoms. The zero-order valence-electron chi connectivity index (χ0n) is 21.7. The number of benzene rings is 4. The first-order valence-electron chi connectivity index (χ1n) is 12.6. The molecule has 0 radical (unpaired) electrons. The lowest BCUT2D eigenvalue weighted by Crippen LogP contribution is -2.33. The highest BCUT2D eigenvalue weighted by atomic mass is 16.7. The highest BCUT2D eigenvalue weighted by Crippen LogP contribution is 2.48. The molecule has 188 valence electrons. The van der Waals surface area contributed by atoms with Crippen LogP contribution in [0.4, 0.5) is 4.79 Å². The van der Waals surface area contributed by atoms with Crippen molar-refractivity contribution in [3.8, 4) is 44.9 Å². The van der Waals surface area contributed by atoms with Crippen LogP contribution in [0.5, 0.6) is 11.5 Å². The number of phenols is 1. The molecule has 1 aliphatic carbocycles. The largest absolute Gasteiger partial charge is 0.511 e. The summed E-state index contributed by atoms with van der Waals surface area (Å²) in [6.07, 6.45) is 0.852. The minimum absolute atomic E-state index is 0.0862. The maximum Gasteiger partial charge on any atom is 0.511 e. The van der Waals surface area contributed by atoms with Crippen LogP contribution in [0.25, 0.3) is 33.4 Å². The second kappa shape index (κ2) is 9.11. The Bertz CT molecular complexity index is 1480. The maximum absolute atomic E-state index is 10.9. The molecular weight excluding hydrogens is 460 g/mol. The molecule has 0 aromatic heterocycles. The molecule has 0 unspecified atom stereocenters. The van der Waals surface area contributed by atoms with Crippen molar-refractivity contribution in [2.45, 2.75) is 51.4 Å². The summed E-state index contributed by atoms with van der Waals surface area (Å²) >= 11 is 0. The minimum Gasteiger partial charge on any atom is -0.504 e. The number of hydrogen-bond acceptors (Lipinski definition) is 3. The topological polar surface area (TPSA) is 66.8 Å². The van der Waals surface area contributed by atoms with Gasteiger partial charge in [0.15, 0.2) is 11.5 Å². The Labute approximate surface area is 218 Å². The zero-order chi connectivity index (χ0) is 26.4. The summed E-state index contributed by atoms with van der Waals surface area (Å²) < 4.78 is 4.66. The van der Waals surface area contributed by atoms with E-state index in [4.69, 9.17) is 5.11 Å². The Balaban J connectivity index is 1.68. The third kappa shape index (κ3) is 4.72. The number of hydrogen-bond donors (Lipinski definition) is 2. The van der Waals surface area contributed by atoms with E-state index in [0.29, 0.717) is 0 Å². The van der Waals surface area contributed by atoms with Crippen LogP contribution in [-0.2, 0) is 10.8 Å². The van der Waals surface area contributed by atoms with Gasteiger partial charge in [-0.2, -0.15) is 0 Å². The van der Waals surface area contributed by atoms with Gasteiger partial charge < -0.3 is 14.9 Å². The van der Waals surface area contributed by atoms with E-state index in [1.165, 1.54) is 29.7 Å². The van der Waals surface area contributed by atoms with Crippen molar-refractivity contribution in [3.05, 3.63) is 96.1 Å². The lowest BCUT2D eigenvalue weighted by Gasteiger charge is -2.42. The first kappa shape index (κ1) is 24.6. The molecule has 0 saturated carbocycles. The maximum atomic E-state index is 10.9. The quantitative estimate of drug-likeness (QED) is 0.221. The number of rotatable bonds is 4. The van der Waals surface area contributed by atoms with E-state index in [9.17, 15) is 9.90 Å². The van der Waals surface area contributed by atoms with E-state index < -0.39 is 6.16 Å². The van der Waals surface area contributed by atoms with Gasteiger partial charge in [0.1, 0.15) is 0 Å². The molecule has 0 aliphatic heterocycles. The molecule has 0 saturated heterocycles. The van der Waals surface area contributed by atoms with Gasteiger partial charge in [0.25, 0.3) is 0 Å². The summed E-state index contributed by atoms with van der Waals surface area (Å²) in [6.45, 7) is 9.34. The number of aromatic hydroxyl groups is 1. The number of carboxylic acid groups (broad SMARTS) is 1. The minimum atomic E-state index is -1.46. The number of carbonyl (C=O) groups is 1. The van der Waals surface area contributed by atoms with Crippen molar-refractivity contribution in [2.24, 2.45) is 0 Å². The van der Waals surface area contributed by atoms with Crippen LogP contribution in [-0.4, -0.2) is 16.4 Å². The highest BCUT2D eigenvalue weighted by molar-refractivity contribution is 5.88. The first-order valence-corrected chi connectivity index (χ1v) is 12.6. The average molecular weight is 493 g/mol. The van der Waals surface area contributed by atoms with Crippen LogP contribution < -0.4 is 4.74 Å². The molecular formula is C33H32O4. The second-order valence-electron chi connectivity index (χ2n) is 11.2. The van der Waals surface area contributed by atoms with Crippen LogP contribution in [0.2, 0.25) is 0 Å². The van der Waals surface area contributed by atoms with Gasteiger partial charge in [-0.3, -0.25) is 0 Å². The molecule has 0 amide bonds. The van der Waals surface area contributed by atoms with E-state index in [-0.39, 0.29) is 22.3 Å². The van der Waals surface area contributed by atoms with E-state index in [2.05, 4.69) is 74.9 Å².